The third kappa shape index (κ3) is 4.14. The summed E-state index contributed by atoms with van der Waals surface area (Å²) < 4.78 is 3.44. The molecule has 0 radical (unpaired) electrons. The minimum atomic E-state index is -0.138. The Morgan fingerprint density at radius 1 is 0.968 bits per heavy atom. The van der Waals surface area contributed by atoms with Crippen LogP contribution in [0.4, 0.5) is 5.69 Å². The Morgan fingerprint density at radius 2 is 1.65 bits per heavy atom. The lowest BCUT2D eigenvalue weighted by Crippen LogP contribution is -2.25. The van der Waals surface area contributed by atoms with Gasteiger partial charge in [-0.15, -0.1) is 0 Å². The van der Waals surface area contributed by atoms with Gasteiger partial charge >= 0.3 is 0 Å². The van der Waals surface area contributed by atoms with Crippen molar-refractivity contribution in [3.63, 3.8) is 0 Å². The number of fused-ring (bicyclic) bond motifs is 1. The summed E-state index contributed by atoms with van der Waals surface area (Å²) in [5.41, 5.74) is 6.14. The van der Waals surface area contributed by atoms with E-state index in [1.165, 1.54) is 0 Å². The molecule has 0 atom stereocenters. The lowest BCUT2D eigenvalue weighted by molar-refractivity contribution is -0.116. The van der Waals surface area contributed by atoms with Gasteiger partial charge in [0.1, 0.15) is 5.65 Å². The van der Waals surface area contributed by atoms with E-state index >= 15 is 0 Å². The van der Waals surface area contributed by atoms with Gasteiger partial charge in [0.05, 0.1) is 11.4 Å². The fourth-order valence-corrected chi connectivity index (χ4v) is 4.11. The molecule has 1 N–H and O–H groups in total. The Labute approximate surface area is 181 Å². The molecule has 0 aliphatic heterocycles. The van der Waals surface area contributed by atoms with E-state index in [1.807, 2.05) is 70.2 Å². The normalized spacial score (nSPS) is 11.1. The first kappa shape index (κ1) is 20.6. The number of carbonyl (C=O) groups excluding carboxylic acids is 1. The van der Waals surface area contributed by atoms with Crippen LogP contribution in [0.25, 0.3) is 16.7 Å². The Kier molecular flexibility index (Phi) is 5.46. The third-order valence-corrected chi connectivity index (χ3v) is 5.36. The van der Waals surface area contributed by atoms with Gasteiger partial charge in [-0.25, -0.2) is 4.68 Å². The minimum Gasteiger partial charge on any atom is -0.326 e. The van der Waals surface area contributed by atoms with E-state index in [-0.39, 0.29) is 24.4 Å². The standard InChI is InChI=1S/C25H26N4O2/c1-16-12-17(2)14-20(13-16)26-22(30)10-11-28-23(31)15-18(3)24-19(4)27-29(25(24)28)21-8-6-5-7-9-21/h5-9,12-15H,10-11H2,1-4H3,(H,26,30). The van der Waals surface area contributed by atoms with Gasteiger partial charge < -0.3 is 5.32 Å². The summed E-state index contributed by atoms with van der Waals surface area (Å²) in [5.74, 6) is -0.131. The molecule has 0 aliphatic rings. The average molecular weight is 415 g/mol. The van der Waals surface area contributed by atoms with Crippen molar-refractivity contribution in [2.24, 2.45) is 0 Å². The summed E-state index contributed by atoms with van der Waals surface area (Å²) in [4.78, 5) is 25.5. The van der Waals surface area contributed by atoms with E-state index in [0.717, 1.165) is 39.1 Å². The first-order valence-corrected chi connectivity index (χ1v) is 10.4. The molecular weight excluding hydrogens is 388 g/mol. The number of rotatable bonds is 5. The van der Waals surface area contributed by atoms with Crippen LogP contribution in [0.3, 0.4) is 0 Å². The van der Waals surface area contributed by atoms with Gasteiger partial charge in [0.15, 0.2) is 0 Å². The van der Waals surface area contributed by atoms with Crippen LogP contribution >= 0.6 is 0 Å². The van der Waals surface area contributed by atoms with Crippen LogP contribution in [0.15, 0.2) is 59.4 Å². The third-order valence-electron chi connectivity index (χ3n) is 5.36. The predicted octanol–water partition coefficient (Wildman–Crippen LogP) is 4.45. The van der Waals surface area contributed by atoms with Crippen molar-refractivity contribution in [1.29, 1.82) is 0 Å². The molecule has 0 aliphatic carbocycles. The Morgan fingerprint density at radius 3 is 2.32 bits per heavy atom. The molecule has 6 nitrogen and oxygen atoms in total. The summed E-state index contributed by atoms with van der Waals surface area (Å²) in [6.45, 7) is 8.13. The molecule has 2 aromatic carbocycles. The second-order valence-electron chi connectivity index (χ2n) is 8.02. The predicted molar refractivity (Wildman–Crippen MR) is 124 cm³/mol. The van der Waals surface area contributed by atoms with Gasteiger partial charge in [0.2, 0.25) is 5.91 Å². The van der Waals surface area contributed by atoms with E-state index in [1.54, 1.807) is 15.3 Å². The molecule has 158 valence electrons. The van der Waals surface area contributed by atoms with Gasteiger partial charge in [-0.1, -0.05) is 24.3 Å². The fourth-order valence-electron chi connectivity index (χ4n) is 4.11. The van der Waals surface area contributed by atoms with Crippen LogP contribution in [0.2, 0.25) is 0 Å². The highest BCUT2D eigenvalue weighted by atomic mass is 16.2. The number of hydrogen-bond donors (Lipinski definition) is 1. The number of nitrogens with zero attached hydrogens (tertiary/aromatic N) is 3. The average Bonchev–Trinajstić information content (AvgIpc) is 3.05. The van der Waals surface area contributed by atoms with Crippen molar-refractivity contribution < 1.29 is 4.79 Å². The van der Waals surface area contributed by atoms with Crippen molar-refractivity contribution in [1.82, 2.24) is 14.3 Å². The second kappa shape index (κ2) is 8.22. The lowest BCUT2D eigenvalue weighted by atomic mass is 10.1. The number of aryl methyl sites for hydroxylation is 5. The van der Waals surface area contributed by atoms with Crippen LogP contribution < -0.4 is 10.9 Å². The van der Waals surface area contributed by atoms with Crippen molar-refractivity contribution in [2.45, 2.75) is 40.7 Å². The highest BCUT2D eigenvalue weighted by Gasteiger charge is 2.17. The maximum Gasteiger partial charge on any atom is 0.252 e. The molecular formula is C25H26N4O2. The quantitative estimate of drug-likeness (QED) is 0.525. The van der Waals surface area contributed by atoms with Crippen LogP contribution in [0.5, 0.6) is 0 Å². The number of pyridine rings is 1. The number of para-hydroxylation sites is 1. The maximum atomic E-state index is 12.9. The molecule has 4 rings (SSSR count). The van der Waals surface area contributed by atoms with E-state index in [2.05, 4.69) is 11.4 Å². The molecule has 31 heavy (non-hydrogen) atoms. The molecule has 0 saturated carbocycles. The number of nitrogens with one attached hydrogen (secondary N) is 1. The SMILES string of the molecule is Cc1cc(C)cc(NC(=O)CCn2c(=O)cc(C)c3c(C)nn(-c4ccccc4)c32)c1. The van der Waals surface area contributed by atoms with E-state index < -0.39 is 0 Å². The zero-order chi connectivity index (χ0) is 22.1. The number of carbonyl (C=O) groups is 1. The van der Waals surface area contributed by atoms with Crippen LogP contribution in [-0.2, 0) is 11.3 Å². The monoisotopic (exact) mass is 414 g/mol. The number of amides is 1. The number of aromatic nitrogens is 3. The molecule has 2 aromatic heterocycles. The van der Waals surface area contributed by atoms with Gasteiger partial charge in [-0.05, 0) is 68.7 Å². The molecule has 0 saturated heterocycles. The van der Waals surface area contributed by atoms with E-state index in [0.29, 0.717) is 5.65 Å². The van der Waals surface area contributed by atoms with Gasteiger partial charge in [0, 0.05) is 30.1 Å². The van der Waals surface area contributed by atoms with Gasteiger partial charge in [-0.3, -0.25) is 14.2 Å². The Bertz CT molecular complexity index is 1310. The topological polar surface area (TPSA) is 68.9 Å². The molecule has 0 bridgehead atoms. The van der Waals surface area contributed by atoms with Crippen molar-refractivity contribution in [3.05, 3.63) is 87.3 Å². The fraction of sp³-hybridized carbons (Fsp3) is 0.240. The van der Waals surface area contributed by atoms with Crippen LogP contribution in [0, 0.1) is 27.7 Å². The van der Waals surface area contributed by atoms with Crippen molar-refractivity contribution >= 4 is 22.6 Å². The largest absolute Gasteiger partial charge is 0.326 e. The number of benzene rings is 2. The molecule has 1 amide bonds. The first-order valence-electron chi connectivity index (χ1n) is 10.4. The summed E-state index contributed by atoms with van der Waals surface area (Å²) in [6, 6.07) is 17.3. The highest BCUT2D eigenvalue weighted by molar-refractivity contribution is 5.91. The highest BCUT2D eigenvalue weighted by Crippen LogP contribution is 2.24. The lowest BCUT2D eigenvalue weighted by Gasteiger charge is -2.13. The molecule has 0 fully saturated rings. The smallest absolute Gasteiger partial charge is 0.252 e. The van der Waals surface area contributed by atoms with Gasteiger partial charge in [-0.2, -0.15) is 5.10 Å². The number of hydrogen-bond acceptors (Lipinski definition) is 3. The Hall–Kier alpha value is -3.67. The maximum absolute atomic E-state index is 12.9. The van der Waals surface area contributed by atoms with E-state index in [9.17, 15) is 9.59 Å². The summed E-state index contributed by atoms with van der Waals surface area (Å²) in [7, 11) is 0. The molecule has 6 heteroatoms. The van der Waals surface area contributed by atoms with Crippen molar-refractivity contribution in [3.8, 4) is 5.69 Å². The summed E-state index contributed by atoms with van der Waals surface area (Å²) >= 11 is 0. The molecule has 4 aromatic rings. The minimum absolute atomic E-state index is 0.131. The second-order valence-corrected chi connectivity index (χ2v) is 8.02. The zero-order valence-corrected chi connectivity index (χ0v) is 18.3. The zero-order valence-electron chi connectivity index (χ0n) is 18.3. The summed E-state index contributed by atoms with van der Waals surface area (Å²) in [6.07, 6.45) is 0.185. The van der Waals surface area contributed by atoms with Crippen LogP contribution in [-0.4, -0.2) is 20.3 Å². The van der Waals surface area contributed by atoms with Crippen molar-refractivity contribution in [2.75, 3.05) is 5.32 Å². The number of anilines is 1. The summed E-state index contributed by atoms with van der Waals surface area (Å²) in [5, 5.41) is 8.58. The Balaban J connectivity index is 1.69. The molecule has 0 spiro atoms. The van der Waals surface area contributed by atoms with Gasteiger partial charge in [0.25, 0.3) is 5.56 Å². The van der Waals surface area contributed by atoms with Crippen LogP contribution in [0.1, 0.15) is 28.8 Å². The first-order chi connectivity index (χ1) is 14.8. The molecule has 0 unspecified atom stereocenters. The van der Waals surface area contributed by atoms with E-state index in [4.69, 9.17) is 5.10 Å². The molecule has 2 heterocycles.